The molecule has 1 aliphatic heterocycles. The van der Waals surface area contributed by atoms with Crippen LogP contribution in [0.25, 0.3) is 0 Å². The van der Waals surface area contributed by atoms with Gasteiger partial charge < -0.3 is 14.9 Å². The van der Waals surface area contributed by atoms with Crippen LogP contribution >= 0.6 is 0 Å². The number of carbonyl (C=O) groups excluding carboxylic acids is 1. The van der Waals surface area contributed by atoms with Gasteiger partial charge in [0.2, 0.25) is 5.91 Å². The maximum Gasteiger partial charge on any atom is 0.416 e. The van der Waals surface area contributed by atoms with E-state index in [9.17, 15) is 26.6 Å². The zero-order valence-electron chi connectivity index (χ0n) is 18.5. The molecule has 180 valence electrons. The molecule has 5 nitrogen and oxygen atoms in total. The quantitative estimate of drug-likeness (QED) is 0.545. The van der Waals surface area contributed by atoms with Crippen LogP contribution in [0.1, 0.15) is 48.8 Å². The first-order valence-electron chi connectivity index (χ1n) is 10.7. The third kappa shape index (κ3) is 6.46. The molecule has 1 unspecified atom stereocenters. The van der Waals surface area contributed by atoms with E-state index in [1.807, 2.05) is 4.90 Å². The molecule has 1 amide bonds. The van der Waals surface area contributed by atoms with Crippen LogP contribution in [0, 0.1) is 5.82 Å². The summed E-state index contributed by atoms with van der Waals surface area (Å²) in [5.74, 6) is -1.69. The second-order valence-electron chi connectivity index (χ2n) is 8.12. The Bertz CT molecular complexity index is 1020. The Morgan fingerprint density at radius 2 is 1.82 bits per heavy atom. The second-order valence-corrected chi connectivity index (χ2v) is 9.24. The van der Waals surface area contributed by atoms with Gasteiger partial charge in [-0.3, -0.25) is 4.79 Å². The predicted octanol–water partition coefficient (Wildman–Crippen LogP) is 4.96. The summed E-state index contributed by atoms with van der Waals surface area (Å²) in [4.78, 5) is 14.6. The summed E-state index contributed by atoms with van der Waals surface area (Å²) in [5.41, 5.74) is 0.862. The second kappa shape index (κ2) is 10.5. The average Bonchev–Trinajstić information content (AvgIpc) is 2.78. The highest BCUT2D eigenvalue weighted by Gasteiger charge is 2.32. The Labute approximate surface area is 193 Å². The summed E-state index contributed by atoms with van der Waals surface area (Å²) < 4.78 is 67.8. The number of benzene rings is 2. The van der Waals surface area contributed by atoms with E-state index in [-0.39, 0.29) is 18.1 Å². The largest absolute Gasteiger partial charge is 0.416 e. The molecule has 2 aromatic rings. The van der Waals surface area contributed by atoms with Crippen molar-refractivity contribution in [3.63, 3.8) is 0 Å². The van der Waals surface area contributed by atoms with Crippen molar-refractivity contribution in [2.75, 3.05) is 29.0 Å². The molecule has 0 saturated carbocycles. The lowest BCUT2D eigenvalue weighted by Crippen LogP contribution is -2.32. The topological polar surface area (TPSA) is 61.4 Å². The molecular formula is C23H27F4N3O2S. The summed E-state index contributed by atoms with van der Waals surface area (Å²) >= 11 is 0. The Balaban J connectivity index is 1.75. The van der Waals surface area contributed by atoms with E-state index in [1.165, 1.54) is 24.5 Å². The minimum atomic E-state index is -4.45. The lowest BCUT2D eigenvalue weighted by Gasteiger charge is -2.31. The van der Waals surface area contributed by atoms with E-state index >= 15 is 0 Å². The molecule has 1 aliphatic rings. The van der Waals surface area contributed by atoms with Crippen LogP contribution in [-0.4, -0.2) is 29.5 Å². The Kier molecular flexibility index (Phi) is 7.99. The maximum absolute atomic E-state index is 14.3. The minimum absolute atomic E-state index is 0.0596. The van der Waals surface area contributed by atoms with Crippen molar-refractivity contribution in [1.29, 1.82) is 0 Å². The van der Waals surface area contributed by atoms with Crippen molar-refractivity contribution in [1.82, 2.24) is 5.32 Å². The Hall–Kier alpha value is -2.62. The van der Waals surface area contributed by atoms with Gasteiger partial charge in [0.05, 0.1) is 17.2 Å². The zero-order valence-corrected chi connectivity index (χ0v) is 19.3. The standard InChI is InChI=1S/C23H27F4N3O2S/c1-15(16-7-9-20(19(24)12-16)29-33(2)32)22(31)28-14-17-6-8-18(23(25,26)27)13-21(17)30-10-4-3-5-11-30/h6-9,12-13,15,29H,3-5,10-11,14H2,1-2H3,(H,28,31)/t15-,33?/m1/s1. The normalized spacial score (nSPS) is 16.2. The first kappa shape index (κ1) is 25.0. The molecule has 0 bridgehead atoms. The molecule has 2 aromatic carbocycles. The summed E-state index contributed by atoms with van der Waals surface area (Å²) in [5, 5.41) is 2.77. The smallest absolute Gasteiger partial charge is 0.371 e. The number of amides is 1. The molecule has 0 aliphatic carbocycles. The molecular weight excluding hydrogens is 458 g/mol. The molecule has 3 rings (SSSR count). The average molecular weight is 486 g/mol. The molecule has 10 heteroatoms. The van der Waals surface area contributed by atoms with Gasteiger partial charge >= 0.3 is 6.18 Å². The zero-order chi connectivity index (χ0) is 24.2. The van der Waals surface area contributed by atoms with E-state index in [4.69, 9.17) is 0 Å². The fourth-order valence-corrected chi connectivity index (χ4v) is 4.32. The van der Waals surface area contributed by atoms with Gasteiger partial charge in [0.15, 0.2) is 0 Å². The number of nitrogens with zero attached hydrogens (tertiary/aromatic N) is 1. The van der Waals surface area contributed by atoms with Gasteiger partial charge in [-0.25, -0.2) is 8.60 Å². The minimum Gasteiger partial charge on any atom is -0.371 e. The fourth-order valence-electron chi connectivity index (χ4n) is 3.84. The molecule has 0 spiro atoms. The van der Waals surface area contributed by atoms with Crippen molar-refractivity contribution in [3.8, 4) is 0 Å². The third-order valence-corrected chi connectivity index (χ3v) is 6.21. The van der Waals surface area contributed by atoms with Crippen molar-refractivity contribution in [2.45, 2.75) is 44.8 Å². The van der Waals surface area contributed by atoms with E-state index in [2.05, 4.69) is 10.0 Å². The first-order valence-corrected chi connectivity index (χ1v) is 12.2. The van der Waals surface area contributed by atoms with Crippen LogP contribution in [0.4, 0.5) is 28.9 Å². The summed E-state index contributed by atoms with van der Waals surface area (Å²) in [7, 11) is -1.43. The number of hydrogen-bond donors (Lipinski definition) is 2. The molecule has 1 fully saturated rings. The number of anilines is 2. The van der Waals surface area contributed by atoms with Gasteiger partial charge in [-0.1, -0.05) is 12.1 Å². The van der Waals surface area contributed by atoms with Gasteiger partial charge in [0.25, 0.3) is 0 Å². The van der Waals surface area contributed by atoms with E-state index in [1.54, 1.807) is 13.0 Å². The number of rotatable bonds is 7. The fraction of sp³-hybridized carbons (Fsp3) is 0.435. The van der Waals surface area contributed by atoms with Crippen molar-refractivity contribution in [3.05, 3.63) is 58.9 Å². The van der Waals surface area contributed by atoms with E-state index in [0.717, 1.165) is 31.4 Å². The van der Waals surface area contributed by atoms with Crippen LogP contribution in [0.3, 0.4) is 0 Å². The lowest BCUT2D eigenvalue weighted by atomic mass is 9.99. The molecule has 0 aromatic heterocycles. The van der Waals surface area contributed by atoms with Gasteiger partial charge in [-0.2, -0.15) is 13.2 Å². The van der Waals surface area contributed by atoms with Crippen molar-refractivity contribution < 1.29 is 26.6 Å². The van der Waals surface area contributed by atoms with Gasteiger partial charge in [-0.05, 0) is 61.6 Å². The number of carbonyl (C=O) groups is 1. The number of nitrogens with one attached hydrogen (secondary N) is 2. The van der Waals surface area contributed by atoms with Crippen LogP contribution in [0.15, 0.2) is 36.4 Å². The summed E-state index contributed by atoms with van der Waals surface area (Å²) in [6.07, 6.45) is -0.223. The van der Waals surface area contributed by atoms with Crippen LogP contribution in [0.5, 0.6) is 0 Å². The van der Waals surface area contributed by atoms with Crippen LogP contribution in [0.2, 0.25) is 0 Å². The molecule has 2 N–H and O–H groups in total. The molecule has 33 heavy (non-hydrogen) atoms. The molecule has 1 heterocycles. The highest BCUT2D eigenvalue weighted by molar-refractivity contribution is 7.85. The number of hydrogen-bond acceptors (Lipinski definition) is 3. The van der Waals surface area contributed by atoms with E-state index in [0.29, 0.717) is 29.9 Å². The van der Waals surface area contributed by atoms with Crippen LogP contribution < -0.4 is 14.9 Å². The maximum atomic E-state index is 14.3. The Morgan fingerprint density at radius 3 is 2.42 bits per heavy atom. The monoisotopic (exact) mass is 485 g/mol. The Morgan fingerprint density at radius 1 is 1.12 bits per heavy atom. The van der Waals surface area contributed by atoms with Crippen molar-refractivity contribution >= 4 is 28.3 Å². The van der Waals surface area contributed by atoms with Crippen molar-refractivity contribution in [2.24, 2.45) is 0 Å². The van der Waals surface area contributed by atoms with E-state index < -0.39 is 34.5 Å². The highest BCUT2D eigenvalue weighted by atomic mass is 32.2. The SMILES string of the molecule is C[C@@H](C(=O)NCc1ccc(C(F)(F)F)cc1N1CCCCC1)c1ccc(NS(C)=O)c(F)c1. The van der Waals surface area contributed by atoms with Gasteiger partial charge in [0.1, 0.15) is 16.8 Å². The molecule has 2 atom stereocenters. The molecule has 1 saturated heterocycles. The third-order valence-electron chi connectivity index (χ3n) is 5.70. The first-order chi connectivity index (χ1) is 15.6. The number of halogens is 4. The highest BCUT2D eigenvalue weighted by Crippen LogP contribution is 2.34. The lowest BCUT2D eigenvalue weighted by molar-refractivity contribution is -0.137. The summed E-state index contributed by atoms with van der Waals surface area (Å²) in [6, 6.07) is 7.77. The number of piperidine rings is 1. The molecule has 0 radical (unpaired) electrons. The van der Waals surface area contributed by atoms with Gasteiger partial charge in [-0.15, -0.1) is 0 Å². The van der Waals surface area contributed by atoms with Crippen LogP contribution in [-0.2, 0) is 28.5 Å². The van der Waals surface area contributed by atoms with Gasteiger partial charge in [0, 0.05) is 31.6 Å². The summed E-state index contributed by atoms with van der Waals surface area (Å²) in [6.45, 7) is 3.01. The number of alkyl halides is 3. The predicted molar refractivity (Wildman–Crippen MR) is 122 cm³/mol.